The van der Waals surface area contributed by atoms with E-state index in [2.05, 4.69) is 10.6 Å². The number of rotatable bonds is 10. The highest BCUT2D eigenvalue weighted by molar-refractivity contribution is 5.96. The smallest absolute Gasteiger partial charge is 0.253 e. The SMILES string of the molecule is CCOCCOc1ccccc1NCC(=O)Nc1ccc(C(=O)N(C)C)cc1. The summed E-state index contributed by atoms with van der Waals surface area (Å²) < 4.78 is 11.0. The van der Waals surface area contributed by atoms with Crippen molar-refractivity contribution in [1.82, 2.24) is 4.90 Å². The second-order valence-corrected chi connectivity index (χ2v) is 6.22. The van der Waals surface area contributed by atoms with E-state index in [0.29, 0.717) is 36.8 Å². The molecule has 0 radical (unpaired) electrons. The van der Waals surface area contributed by atoms with Crippen LogP contribution in [0, 0.1) is 0 Å². The average molecular weight is 385 g/mol. The number of hydrogen-bond donors (Lipinski definition) is 2. The molecule has 0 spiro atoms. The van der Waals surface area contributed by atoms with Crippen LogP contribution >= 0.6 is 0 Å². The van der Waals surface area contributed by atoms with Crippen LogP contribution in [0.15, 0.2) is 48.5 Å². The van der Waals surface area contributed by atoms with E-state index in [1.165, 1.54) is 4.90 Å². The first-order valence-electron chi connectivity index (χ1n) is 9.16. The largest absolute Gasteiger partial charge is 0.489 e. The first kappa shape index (κ1) is 21.2. The Kier molecular flexibility index (Phi) is 8.30. The van der Waals surface area contributed by atoms with E-state index in [9.17, 15) is 9.59 Å². The molecule has 0 atom stereocenters. The van der Waals surface area contributed by atoms with Gasteiger partial charge in [0.1, 0.15) is 12.4 Å². The molecule has 7 heteroatoms. The number of benzene rings is 2. The van der Waals surface area contributed by atoms with Gasteiger partial charge in [-0.3, -0.25) is 9.59 Å². The number of carbonyl (C=O) groups is 2. The van der Waals surface area contributed by atoms with Crippen LogP contribution in [0.4, 0.5) is 11.4 Å². The van der Waals surface area contributed by atoms with Gasteiger partial charge >= 0.3 is 0 Å². The molecule has 0 fully saturated rings. The minimum atomic E-state index is -0.198. The van der Waals surface area contributed by atoms with Gasteiger partial charge in [-0.2, -0.15) is 0 Å². The van der Waals surface area contributed by atoms with Crippen LogP contribution in [0.25, 0.3) is 0 Å². The molecular weight excluding hydrogens is 358 g/mol. The van der Waals surface area contributed by atoms with E-state index in [1.54, 1.807) is 38.4 Å². The fourth-order valence-corrected chi connectivity index (χ4v) is 2.43. The number of ether oxygens (including phenoxy) is 2. The Bertz CT molecular complexity index is 775. The predicted molar refractivity (Wildman–Crippen MR) is 110 cm³/mol. The van der Waals surface area contributed by atoms with E-state index in [-0.39, 0.29) is 18.4 Å². The lowest BCUT2D eigenvalue weighted by molar-refractivity contribution is -0.114. The maximum atomic E-state index is 12.2. The fraction of sp³-hybridized carbons (Fsp3) is 0.333. The van der Waals surface area contributed by atoms with Gasteiger partial charge in [0.2, 0.25) is 5.91 Å². The molecular formula is C21H27N3O4. The summed E-state index contributed by atoms with van der Waals surface area (Å²) in [5.74, 6) is 0.387. The van der Waals surface area contributed by atoms with Gasteiger partial charge in [0, 0.05) is 32.0 Å². The number of para-hydroxylation sites is 2. The van der Waals surface area contributed by atoms with Gasteiger partial charge in [-0.05, 0) is 43.3 Å². The molecule has 2 aromatic rings. The molecule has 0 aliphatic carbocycles. The summed E-state index contributed by atoms with van der Waals surface area (Å²) in [6, 6.07) is 14.2. The minimum Gasteiger partial charge on any atom is -0.489 e. The summed E-state index contributed by atoms with van der Waals surface area (Å²) in [7, 11) is 3.39. The summed E-state index contributed by atoms with van der Waals surface area (Å²) in [6.07, 6.45) is 0. The molecule has 2 aromatic carbocycles. The lowest BCUT2D eigenvalue weighted by Crippen LogP contribution is -2.23. The third kappa shape index (κ3) is 6.59. The van der Waals surface area contributed by atoms with E-state index in [0.717, 1.165) is 5.69 Å². The quantitative estimate of drug-likeness (QED) is 0.615. The summed E-state index contributed by atoms with van der Waals surface area (Å²) in [5.41, 5.74) is 1.93. The number of nitrogens with zero attached hydrogens (tertiary/aromatic N) is 1. The monoisotopic (exact) mass is 385 g/mol. The second kappa shape index (κ2) is 10.9. The van der Waals surface area contributed by atoms with Crippen LogP contribution in [0.5, 0.6) is 5.75 Å². The molecule has 0 saturated carbocycles. The molecule has 2 N–H and O–H groups in total. The fourth-order valence-electron chi connectivity index (χ4n) is 2.43. The molecule has 0 unspecified atom stereocenters. The van der Waals surface area contributed by atoms with Gasteiger partial charge in [-0.25, -0.2) is 0 Å². The zero-order valence-electron chi connectivity index (χ0n) is 16.5. The molecule has 2 rings (SSSR count). The topological polar surface area (TPSA) is 79.9 Å². The zero-order chi connectivity index (χ0) is 20.4. The van der Waals surface area contributed by atoms with Crippen LogP contribution in [-0.4, -0.2) is 57.2 Å². The molecule has 0 heterocycles. The van der Waals surface area contributed by atoms with Crippen molar-refractivity contribution in [3.8, 4) is 5.75 Å². The molecule has 0 aromatic heterocycles. The summed E-state index contributed by atoms with van der Waals surface area (Å²) >= 11 is 0. The maximum Gasteiger partial charge on any atom is 0.253 e. The third-order valence-electron chi connectivity index (χ3n) is 3.84. The number of amides is 2. The van der Waals surface area contributed by atoms with Gasteiger partial charge in [0.05, 0.1) is 18.8 Å². The van der Waals surface area contributed by atoms with Crippen molar-refractivity contribution in [2.45, 2.75) is 6.92 Å². The van der Waals surface area contributed by atoms with E-state index < -0.39 is 0 Å². The predicted octanol–water partition coefficient (Wildman–Crippen LogP) is 2.85. The van der Waals surface area contributed by atoms with Crippen molar-refractivity contribution in [2.75, 3.05) is 51.1 Å². The molecule has 0 bridgehead atoms. The highest BCUT2D eigenvalue weighted by Gasteiger charge is 2.09. The summed E-state index contributed by atoms with van der Waals surface area (Å²) in [6.45, 7) is 3.62. The zero-order valence-corrected chi connectivity index (χ0v) is 16.5. The molecule has 0 saturated heterocycles. The van der Waals surface area contributed by atoms with Gasteiger partial charge in [-0.15, -0.1) is 0 Å². The standard InChI is InChI=1S/C21H27N3O4/c1-4-27-13-14-28-19-8-6-5-7-18(19)22-15-20(25)23-17-11-9-16(10-12-17)21(26)24(2)3/h5-12,22H,4,13-15H2,1-3H3,(H,23,25). The van der Waals surface area contributed by atoms with Gasteiger partial charge in [0.25, 0.3) is 5.91 Å². The highest BCUT2D eigenvalue weighted by Crippen LogP contribution is 2.23. The molecule has 0 aliphatic heterocycles. The Morgan fingerprint density at radius 1 is 1.00 bits per heavy atom. The highest BCUT2D eigenvalue weighted by atomic mass is 16.5. The number of anilines is 2. The Hall–Kier alpha value is -3.06. The van der Waals surface area contributed by atoms with E-state index in [1.807, 2.05) is 31.2 Å². The van der Waals surface area contributed by atoms with Crippen LogP contribution in [0.3, 0.4) is 0 Å². The normalized spacial score (nSPS) is 10.2. The van der Waals surface area contributed by atoms with E-state index in [4.69, 9.17) is 9.47 Å². The Labute approximate surface area is 165 Å². The molecule has 2 amide bonds. The van der Waals surface area contributed by atoms with Crippen molar-refractivity contribution in [1.29, 1.82) is 0 Å². The van der Waals surface area contributed by atoms with Gasteiger partial charge in [0.15, 0.2) is 0 Å². The Morgan fingerprint density at radius 3 is 2.39 bits per heavy atom. The van der Waals surface area contributed by atoms with Crippen LogP contribution in [0.2, 0.25) is 0 Å². The van der Waals surface area contributed by atoms with Crippen LogP contribution in [0.1, 0.15) is 17.3 Å². The minimum absolute atomic E-state index is 0.0829. The van der Waals surface area contributed by atoms with Crippen molar-refractivity contribution in [2.24, 2.45) is 0 Å². The average Bonchev–Trinajstić information content (AvgIpc) is 2.70. The number of hydrogen-bond acceptors (Lipinski definition) is 5. The van der Waals surface area contributed by atoms with Crippen molar-refractivity contribution >= 4 is 23.2 Å². The molecule has 150 valence electrons. The second-order valence-electron chi connectivity index (χ2n) is 6.22. The maximum absolute atomic E-state index is 12.2. The van der Waals surface area contributed by atoms with E-state index >= 15 is 0 Å². The lowest BCUT2D eigenvalue weighted by Gasteiger charge is -2.13. The molecule has 28 heavy (non-hydrogen) atoms. The summed E-state index contributed by atoms with van der Waals surface area (Å²) in [5, 5.41) is 5.88. The number of carbonyl (C=O) groups excluding carboxylic acids is 2. The Balaban J connectivity index is 1.86. The van der Waals surface area contributed by atoms with Gasteiger partial charge in [-0.1, -0.05) is 12.1 Å². The van der Waals surface area contributed by atoms with Gasteiger partial charge < -0.3 is 25.0 Å². The first-order chi connectivity index (χ1) is 13.5. The van der Waals surface area contributed by atoms with Crippen molar-refractivity contribution in [3.05, 3.63) is 54.1 Å². The van der Waals surface area contributed by atoms with Crippen LogP contribution in [-0.2, 0) is 9.53 Å². The lowest BCUT2D eigenvalue weighted by atomic mass is 10.2. The van der Waals surface area contributed by atoms with Crippen LogP contribution < -0.4 is 15.4 Å². The third-order valence-corrected chi connectivity index (χ3v) is 3.84. The van der Waals surface area contributed by atoms with Crippen molar-refractivity contribution < 1.29 is 19.1 Å². The number of nitrogens with one attached hydrogen (secondary N) is 2. The summed E-state index contributed by atoms with van der Waals surface area (Å²) in [4.78, 5) is 25.6. The first-order valence-corrected chi connectivity index (χ1v) is 9.16. The van der Waals surface area contributed by atoms with Crippen molar-refractivity contribution in [3.63, 3.8) is 0 Å². The molecule has 7 nitrogen and oxygen atoms in total. The molecule has 0 aliphatic rings. The Morgan fingerprint density at radius 2 is 1.71 bits per heavy atom.